The second-order valence-electron chi connectivity index (χ2n) is 5.00. The second kappa shape index (κ2) is 6.36. The molecule has 23 heavy (non-hydrogen) atoms. The van der Waals surface area contributed by atoms with Gasteiger partial charge in [0.05, 0.1) is 24.6 Å². The molecule has 0 spiro atoms. The Bertz CT molecular complexity index is 914. The quantitative estimate of drug-likeness (QED) is 0.804. The van der Waals surface area contributed by atoms with Crippen LogP contribution in [0.15, 0.2) is 63.8 Å². The molecule has 0 unspecified atom stereocenters. The molecule has 3 aromatic rings. The number of hydrogen-bond acceptors (Lipinski definition) is 4. The molecule has 0 radical (unpaired) electrons. The van der Waals surface area contributed by atoms with Crippen molar-refractivity contribution in [2.45, 2.75) is 6.42 Å². The Balaban J connectivity index is 1.82. The van der Waals surface area contributed by atoms with Crippen LogP contribution in [0.1, 0.15) is 5.76 Å². The van der Waals surface area contributed by atoms with Gasteiger partial charge in [0.1, 0.15) is 17.1 Å². The zero-order chi connectivity index (χ0) is 16.2. The summed E-state index contributed by atoms with van der Waals surface area (Å²) in [6.45, 7) is 0. The molecule has 2 aromatic carbocycles. The molecule has 1 heterocycles. The van der Waals surface area contributed by atoms with Crippen molar-refractivity contribution in [3.63, 3.8) is 0 Å². The van der Waals surface area contributed by atoms with Gasteiger partial charge in [-0.15, -0.1) is 0 Å². The number of fused-ring (bicyclic) bond motifs is 1. The number of benzene rings is 2. The number of carbonyl (C=O) groups is 1. The van der Waals surface area contributed by atoms with Crippen LogP contribution in [-0.2, 0) is 11.2 Å². The highest BCUT2D eigenvalue weighted by molar-refractivity contribution is 5.93. The molecule has 0 aliphatic heterocycles. The van der Waals surface area contributed by atoms with E-state index in [0.29, 0.717) is 28.2 Å². The summed E-state index contributed by atoms with van der Waals surface area (Å²) < 4.78 is 10.8. The topological polar surface area (TPSA) is 68.5 Å². The Morgan fingerprint density at radius 3 is 2.70 bits per heavy atom. The molecule has 0 aliphatic rings. The van der Waals surface area contributed by atoms with Crippen molar-refractivity contribution >= 4 is 22.6 Å². The van der Waals surface area contributed by atoms with Gasteiger partial charge < -0.3 is 14.5 Å². The van der Waals surface area contributed by atoms with E-state index in [1.165, 1.54) is 13.2 Å². The summed E-state index contributed by atoms with van der Waals surface area (Å²) in [5.74, 6) is 0.606. The van der Waals surface area contributed by atoms with Gasteiger partial charge in [0.15, 0.2) is 5.43 Å². The maximum Gasteiger partial charge on any atom is 0.232 e. The lowest BCUT2D eigenvalue weighted by Crippen LogP contribution is -2.16. The van der Waals surface area contributed by atoms with Crippen LogP contribution in [0.4, 0.5) is 5.69 Å². The second-order valence-corrected chi connectivity index (χ2v) is 5.00. The third-order valence-corrected chi connectivity index (χ3v) is 3.40. The molecular formula is C18H15NO4. The minimum Gasteiger partial charge on any atom is -0.495 e. The van der Waals surface area contributed by atoms with Gasteiger partial charge in [-0.2, -0.15) is 0 Å². The smallest absolute Gasteiger partial charge is 0.232 e. The van der Waals surface area contributed by atoms with Crippen LogP contribution < -0.4 is 15.5 Å². The summed E-state index contributed by atoms with van der Waals surface area (Å²) in [7, 11) is 1.54. The summed E-state index contributed by atoms with van der Waals surface area (Å²) in [4.78, 5) is 24.2. The highest BCUT2D eigenvalue weighted by Gasteiger charge is 2.11. The van der Waals surface area contributed by atoms with Gasteiger partial charge in [-0.05, 0) is 24.3 Å². The Morgan fingerprint density at radius 1 is 1.13 bits per heavy atom. The standard InChI is InChI=1S/C18H15NO4/c1-22-17-9-5-3-7-14(17)19-18(21)11-12-10-15(20)13-6-2-4-8-16(13)23-12/h2-10H,11H2,1H3,(H,19,21). The summed E-state index contributed by atoms with van der Waals surface area (Å²) >= 11 is 0. The Morgan fingerprint density at radius 2 is 1.87 bits per heavy atom. The third kappa shape index (κ3) is 3.23. The molecule has 5 heteroatoms. The fraction of sp³-hybridized carbons (Fsp3) is 0.111. The number of anilines is 1. The summed E-state index contributed by atoms with van der Waals surface area (Å²) in [6.07, 6.45) is -0.0296. The molecule has 0 saturated carbocycles. The van der Waals surface area contributed by atoms with Crippen molar-refractivity contribution in [2.75, 3.05) is 12.4 Å². The predicted molar refractivity (Wildman–Crippen MR) is 87.8 cm³/mol. The fourth-order valence-electron chi connectivity index (χ4n) is 2.34. The number of hydrogen-bond donors (Lipinski definition) is 1. The summed E-state index contributed by atoms with van der Waals surface area (Å²) in [5.41, 5.74) is 0.884. The van der Waals surface area contributed by atoms with E-state index >= 15 is 0 Å². The minimum atomic E-state index is -0.284. The molecule has 5 nitrogen and oxygen atoms in total. The maximum absolute atomic E-state index is 12.2. The first-order chi connectivity index (χ1) is 11.2. The largest absolute Gasteiger partial charge is 0.495 e. The van der Waals surface area contributed by atoms with Crippen LogP contribution >= 0.6 is 0 Å². The molecule has 0 saturated heterocycles. The molecule has 0 aliphatic carbocycles. The van der Waals surface area contributed by atoms with Gasteiger partial charge in [-0.3, -0.25) is 9.59 Å². The van der Waals surface area contributed by atoms with E-state index in [4.69, 9.17) is 9.15 Å². The van der Waals surface area contributed by atoms with Gasteiger partial charge in [0.25, 0.3) is 0 Å². The molecular weight excluding hydrogens is 294 g/mol. The summed E-state index contributed by atoms with van der Waals surface area (Å²) in [6, 6.07) is 15.4. The van der Waals surface area contributed by atoms with E-state index in [0.717, 1.165) is 0 Å². The fourth-order valence-corrected chi connectivity index (χ4v) is 2.34. The number of nitrogens with one attached hydrogen (secondary N) is 1. The van der Waals surface area contributed by atoms with Crippen LogP contribution in [0.5, 0.6) is 5.75 Å². The monoisotopic (exact) mass is 309 g/mol. The zero-order valence-electron chi connectivity index (χ0n) is 12.5. The van der Waals surface area contributed by atoms with Crippen LogP contribution in [-0.4, -0.2) is 13.0 Å². The lowest BCUT2D eigenvalue weighted by atomic mass is 10.2. The Hall–Kier alpha value is -3.08. The highest BCUT2D eigenvalue weighted by atomic mass is 16.5. The third-order valence-electron chi connectivity index (χ3n) is 3.40. The van der Waals surface area contributed by atoms with E-state index in [9.17, 15) is 9.59 Å². The summed E-state index contributed by atoms with van der Waals surface area (Å²) in [5, 5.41) is 3.25. The number of ether oxygens (including phenoxy) is 1. The van der Waals surface area contributed by atoms with Gasteiger partial charge in [0.2, 0.25) is 5.91 Å². The Kier molecular flexibility index (Phi) is 4.10. The highest BCUT2D eigenvalue weighted by Crippen LogP contribution is 2.23. The van der Waals surface area contributed by atoms with E-state index in [2.05, 4.69) is 5.32 Å². The number of carbonyl (C=O) groups excluding carboxylic acids is 1. The molecule has 0 atom stereocenters. The van der Waals surface area contributed by atoms with Gasteiger partial charge in [-0.25, -0.2) is 0 Å². The van der Waals surface area contributed by atoms with Crippen LogP contribution in [0, 0.1) is 0 Å². The average molecular weight is 309 g/mol. The zero-order valence-corrected chi connectivity index (χ0v) is 12.5. The predicted octanol–water partition coefficient (Wildman–Crippen LogP) is 2.98. The maximum atomic E-state index is 12.2. The first-order valence-electron chi connectivity index (χ1n) is 7.12. The molecule has 0 fully saturated rings. The molecule has 116 valence electrons. The molecule has 1 amide bonds. The molecule has 1 N–H and O–H groups in total. The first kappa shape index (κ1) is 14.8. The molecule has 1 aromatic heterocycles. The average Bonchev–Trinajstić information content (AvgIpc) is 2.55. The lowest BCUT2D eigenvalue weighted by Gasteiger charge is -2.09. The van der Waals surface area contributed by atoms with Crippen molar-refractivity contribution in [3.05, 3.63) is 70.6 Å². The molecule has 3 rings (SSSR count). The van der Waals surface area contributed by atoms with E-state index < -0.39 is 0 Å². The van der Waals surface area contributed by atoms with E-state index in [-0.39, 0.29) is 17.8 Å². The van der Waals surface area contributed by atoms with E-state index in [1.54, 1.807) is 42.5 Å². The number of para-hydroxylation sites is 3. The normalized spacial score (nSPS) is 10.5. The Labute approximate surface area is 132 Å². The molecule has 0 bridgehead atoms. The first-order valence-corrected chi connectivity index (χ1v) is 7.12. The lowest BCUT2D eigenvalue weighted by molar-refractivity contribution is -0.115. The van der Waals surface area contributed by atoms with Crippen LogP contribution in [0.2, 0.25) is 0 Å². The van der Waals surface area contributed by atoms with Crippen molar-refractivity contribution in [1.29, 1.82) is 0 Å². The number of rotatable bonds is 4. The number of methoxy groups -OCH3 is 1. The van der Waals surface area contributed by atoms with Crippen molar-refractivity contribution in [3.8, 4) is 5.75 Å². The van der Waals surface area contributed by atoms with Gasteiger partial charge in [-0.1, -0.05) is 24.3 Å². The van der Waals surface area contributed by atoms with Crippen molar-refractivity contribution < 1.29 is 13.9 Å². The van der Waals surface area contributed by atoms with Crippen LogP contribution in [0.3, 0.4) is 0 Å². The van der Waals surface area contributed by atoms with Crippen molar-refractivity contribution in [1.82, 2.24) is 0 Å². The van der Waals surface area contributed by atoms with Gasteiger partial charge >= 0.3 is 0 Å². The van der Waals surface area contributed by atoms with Gasteiger partial charge in [0, 0.05) is 6.07 Å². The van der Waals surface area contributed by atoms with E-state index in [1.807, 2.05) is 6.07 Å². The minimum absolute atomic E-state index is 0.0296. The van der Waals surface area contributed by atoms with Crippen molar-refractivity contribution in [2.24, 2.45) is 0 Å². The SMILES string of the molecule is COc1ccccc1NC(=O)Cc1cc(=O)c2ccccc2o1. The van der Waals surface area contributed by atoms with Crippen LogP contribution in [0.25, 0.3) is 11.0 Å². The number of amides is 1.